The number of hydrogen-bond donors (Lipinski definition) is 1. The number of halogens is 1. The summed E-state index contributed by atoms with van der Waals surface area (Å²) in [6, 6.07) is 7.30. The first-order chi connectivity index (χ1) is 5.29. The molecule has 3 heteroatoms. The highest BCUT2D eigenvalue weighted by Gasteiger charge is 2.26. The number of ketones is 1. The van der Waals surface area contributed by atoms with E-state index < -0.39 is 0 Å². The number of carbonyl (C=O) groups excluding carboxylic acids is 1. The maximum Gasteiger partial charge on any atom is 0.180 e. The van der Waals surface area contributed by atoms with Gasteiger partial charge in [0, 0.05) is 5.56 Å². The van der Waals surface area contributed by atoms with Crippen LogP contribution in [0, 0.1) is 0 Å². The van der Waals surface area contributed by atoms with Gasteiger partial charge in [-0.15, -0.1) is 12.4 Å². The molecule has 1 aromatic rings. The maximum atomic E-state index is 11.3. The lowest BCUT2D eigenvalue weighted by atomic mass is 10.1. The van der Waals surface area contributed by atoms with Crippen LogP contribution in [0.4, 0.5) is 0 Å². The van der Waals surface area contributed by atoms with Gasteiger partial charge in [-0.2, -0.15) is 0 Å². The first-order valence-corrected chi connectivity index (χ1v) is 3.67. The second-order valence-corrected chi connectivity index (χ2v) is 2.83. The Labute approximate surface area is 77.2 Å². The van der Waals surface area contributed by atoms with Crippen LogP contribution in [0.2, 0.25) is 0 Å². The zero-order valence-electron chi connectivity index (χ0n) is 6.49. The molecule has 0 spiro atoms. The van der Waals surface area contributed by atoms with E-state index in [9.17, 15) is 4.79 Å². The van der Waals surface area contributed by atoms with Crippen LogP contribution in [-0.2, 0) is 6.42 Å². The Morgan fingerprint density at radius 3 is 2.67 bits per heavy atom. The fraction of sp³-hybridized carbons (Fsp3) is 0.222. The van der Waals surface area contributed by atoms with Gasteiger partial charge in [0.05, 0.1) is 6.04 Å². The Bertz CT molecular complexity index is 311. The monoisotopic (exact) mass is 183 g/mol. The number of carbonyl (C=O) groups is 1. The molecule has 0 amide bonds. The predicted octanol–water partition coefficient (Wildman–Crippen LogP) is 1.17. The second kappa shape index (κ2) is 3.25. The van der Waals surface area contributed by atoms with Crippen molar-refractivity contribution in [1.29, 1.82) is 0 Å². The highest BCUT2D eigenvalue weighted by Crippen LogP contribution is 2.19. The Morgan fingerprint density at radius 1 is 1.33 bits per heavy atom. The number of hydrogen-bond acceptors (Lipinski definition) is 2. The van der Waals surface area contributed by atoms with Crippen LogP contribution in [0.5, 0.6) is 0 Å². The average Bonchev–Trinajstić information content (AvgIpc) is 2.30. The molecule has 1 atom stereocenters. The summed E-state index contributed by atoms with van der Waals surface area (Å²) in [5.74, 6) is 0.0839. The van der Waals surface area contributed by atoms with Gasteiger partial charge in [-0.3, -0.25) is 4.79 Å². The van der Waals surface area contributed by atoms with E-state index in [2.05, 4.69) is 0 Å². The molecule has 0 radical (unpaired) electrons. The van der Waals surface area contributed by atoms with Gasteiger partial charge >= 0.3 is 0 Å². The lowest BCUT2D eigenvalue weighted by Crippen LogP contribution is -2.26. The van der Waals surface area contributed by atoms with E-state index >= 15 is 0 Å². The van der Waals surface area contributed by atoms with Gasteiger partial charge in [0.15, 0.2) is 5.78 Å². The third-order valence-corrected chi connectivity index (χ3v) is 2.06. The van der Waals surface area contributed by atoms with Crippen molar-refractivity contribution in [3.05, 3.63) is 35.4 Å². The quantitative estimate of drug-likeness (QED) is 0.656. The minimum Gasteiger partial charge on any atom is -0.321 e. The Kier molecular flexibility index (Phi) is 2.50. The van der Waals surface area contributed by atoms with Crippen molar-refractivity contribution in [2.24, 2.45) is 5.73 Å². The van der Waals surface area contributed by atoms with Gasteiger partial charge in [-0.1, -0.05) is 24.3 Å². The van der Waals surface area contributed by atoms with Crippen molar-refractivity contribution in [2.45, 2.75) is 12.5 Å². The molecule has 2 N–H and O–H groups in total. The first-order valence-electron chi connectivity index (χ1n) is 3.67. The van der Waals surface area contributed by atoms with E-state index in [1.807, 2.05) is 24.3 Å². The van der Waals surface area contributed by atoms with E-state index in [1.54, 1.807) is 0 Å². The maximum absolute atomic E-state index is 11.3. The van der Waals surface area contributed by atoms with E-state index in [-0.39, 0.29) is 24.2 Å². The van der Waals surface area contributed by atoms with Crippen molar-refractivity contribution in [3.63, 3.8) is 0 Å². The molecule has 1 aliphatic carbocycles. The summed E-state index contributed by atoms with van der Waals surface area (Å²) in [5.41, 5.74) is 7.47. The summed E-state index contributed by atoms with van der Waals surface area (Å²) in [4.78, 5) is 11.3. The third-order valence-electron chi connectivity index (χ3n) is 2.06. The number of fused-ring (bicyclic) bond motifs is 1. The van der Waals surface area contributed by atoms with E-state index in [0.717, 1.165) is 11.1 Å². The molecule has 0 fully saturated rings. The number of benzene rings is 1. The van der Waals surface area contributed by atoms with E-state index in [1.165, 1.54) is 0 Å². The first kappa shape index (κ1) is 9.23. The minimum atomic E-state index is -0.299. The summed E-state index contributed by atoms with van der Waals surface area (Å²) < 4.78 is 0. The third kappa shape index (κ3) is 1.24. The molecule has 2 nitrogen and oxygen atoms in total. The zero-order valence-corrected chi connectivity index (χ0v) is 7.30. The lowest BCUT2D eigenvalue weighted by Gasteiger charge is -1.94. The number of rotatable bonds is 0. The zero-order chi connectivity index (χ0) is 7.84. The molecule has 1 aromatic carbocycles. The van der Waals surface area contributed by atoms with Crippen LogP contribution in [0.3, 0.4) is 0 Å². The summed E-state index contributed by atoms with van der Waals surface area (Å²) in [6.07, 6.45) is 0.703. The molecule has 0 aromatic heterocycles. The standard InChI is InChI=1S/C9H9NO.ClH/c10-8-5-6-3-1-2-4-7(6)9(8)11;/h1-4,8H,5,10H2;1H/t8-;/m0./s1. The van der Waals surface area contributed by atoms with Gasteiger partial charge in [0.2, 0.25) is 0 Å². The molecular formula is C9H10ClNO. The summed E-state index contributed by atoms with van der Waals surface area (Å²) in [6.45, 7) is 0. The average molecular weight is 184 g/mol. The molecule has 0 unspecified atom stereocenters. The smallest absolute Gasteiger partial charge is 0.180 e. The lowest BCUT2D eigenvalue weighted by molar-refractivity contribution is 0.0974. The highest BCUT2D eigenvalue weighted by molar-refractivity contribution is 6.04. The minimum absolute atomic E-state index is 0. The van der Waals surface area contributed by atoms with Crippen molar-refractivity contribution in [3.8, 4) is 0 Å². The van der Waals surface area contributed by atoms with Crippen LogP contribution in [0.15, 0.2) is 24.3 Å². The van der Waals surface area contributed by atoms with Gasteiger partial charge < -0.3 is 5.73 Å². The van der Waals surface area contributed by atoms with Crippen molar-refractivity contribution in [2.75, 3.05) is 0 Å². The number of Topliss-reactive ketones (excluding diaryl/α,β-unsaturated/α-hetero) is 1. The fourth-order valence-corrected chi connectivity index (χ4v) is 1.47. The summed E-state index contributed by atoms with van der Waals surface area (Å²) in [5, 5.41) is 0. The van der Waals surface area contributed by atoms with E-state index in [4.69, 9.17) is 5.73 Å². The molecule has 64 valence electrons. The van der Waals surface area contributed by atoms with Gasteiger partial charge in [0.25, 0.3) is 0 Å². The van der Waals surface area contributed by atoms with Gasteiger partial charge in [-0.05, 0) is 12.0 Å². The Morgan fingerprint density at radius 2 is 2.00 bits per heavy atom. The molecule has 0 saturated carbocycles. The topological polar surface area (TPSA) is 43.1 Å². The van der Waals surface area contributed by atoms with Gasteiger partial charge in [0.1, 0.15) is 0 Å². The number of nitrogens with two attached hydrogens (primary N) is 1. The molecule has 0 heterocycles. The largest absolute Gasteiger partial charge is 0.321 e. The van der Waals surface area contributed by atoms with Crippen LogP contribution in [0.1, 0.15) is 15.9 Å². The molecule has 0 aliphatic heterocycles. The van der Waals surface area contributed by atoms with Crippen molar-refractivity contribution in [1.82, 2.24) is 0 Å². The summed E-state index contributed by atoms with van der Waals surface area (Å²) >= 11 is 0. The molecule has 0 bridgehead atoms. The molecular weight excluding hydrogens is 174 g/mol. The molecule has 12 heavy (non-hydrogen) atoms. The van der Waals surface area contributed by atoms with Crippen molar-refractivity contribution >= 4 is 18.2 Å². The molecule has 1 aliphatic rings. The van der Waals surface area contributed by atoms with Crippen molar-refractivity contribution < 1.29 is 4.79 Å². The van der Waals surface area contributed by atoms with Crippen LogP contribution in [-0.4, -0.2) is 11.8 Å². The normalized spacial score (nSPS) is 20.1. The Hall–Kier alpha value is -0.860. The molecule has 2 rings (SSSR count). The Balaban J connectivity index is 0.000000720. The van der Waals surface area contributed by atoms with Gasteiger partial charge in [-0.25, -0.2) is 0 Å². The highest BCUT2D eigenvalue weighted by atomic mass is 35.5. The van der Waals surface area contributed by atoms with Crippen LogP contribution < -0.4 is 5.73 Å². The van der Waals surface area contributed by atoms with Crippen LogP contribution in [0.25, 0.3) is 0 Å². The molecule has 0 saturated heterocycles. The second-order valence-electron chi connectivity index (χ2n) is 2.83. The van der Waals surface area contributed by atoms with Crippen LogP contribution >= 0.6 is 12.4 Å². The van der Waals surface area contributed by atoms with E-state index in [0.29, 0.717) is 6.42 Å². The fourth-order valence-electron chi connectivity index (χ4n) is 1.47. The summed E-state index contributed by atoms with van der Waals surface area (Å²) in [7, 11) is 0. The SMILES string of the molecule is Cl.N[C@H]1Cc2ccccc2C1=O. The predicted molar refractivity (Wildman–Crippen MR) is 49.7 cm³/mol.